The van der Waals surface area contributed by atoms with Gasteiger partial charge in [-0.3, -0.25) is 9.59 Å². The van der Waals surface area contributed by atoms with E-state index in [0.717, 1.165) is 11.1 Å². The lowest BCUT2D eigenvalue weighted by Gasteiger charge is -2.04. The number of benzene rings is 3. The molecule has 0 aliphatic carbocycles. The van der Waals surface area contributed by atoms with Crippen LogP contribution in [0.15, 0.2) is 60.7 Å². The van der Waals surface area contributed by atoms with Gasteiger partial charge in [0.1, 0.15) is 0 Å². The van der Waals surface area contributed by atoms with Gasteiger partial charge in [0.25, 0.3) is 11.8 Å². The van der Waals surface area contributed by atoms with Crippen molar-refractivity contribution in [2.45, 2.75) is 0 Å². The third kappa shape index (κ3) is 3.11. The van der Waals surface area contributed by atoms with Crippen LogP contribution in [0.1, 0.15) is 22.3 Å². The molecule has 3 aromatic rings. The molecular weight excluding hydrogens is 419 g/mol. The maximum Gasteiger partial charge on any atom is 0.256 e. The molecule has 0 atom stereocenters. The first-order chi connectivity index (χ1) is 14.5. The maximum atomic E-state index is 12.5. The fourth-order valence-corrected chi connectivity index (χ4v) is 4.31. The third-order valence-electron chi connectivity index (χ3n) is 5.08. The summed E-state index contributed by atoms with van der Waals surface area (Å²) in [5, 5.41) is 6.70. The Balaban J connectivity index is 1.56. The van der Waals surface area contributed by atoms with Crippen molar-refractivity contribution < 1.29 is 9.59 Å². The second kappa shape index (κ2) is 7.17. The van der Waals surface area contributed by atoms with Crippen molar-refractivity contribution in [3.8, 4) is 0 Å². The number of carbonyl (C=O) groups excluding carboxylic acids is 2. The van der Waals surface area contributed by atoms with E-state index < -0.39 is 0 Å². The van der Waals surface area contributed by atoms with Gasteiger partial charge in [0.05, 0.1) is 32.6 Å². The van der Waals surface area contributed by atoms with Crippen molar-refractivity contribution in [1.82, 2.24) is 0 Å². The molecule has 0 bridgehead atoms. The summed E-state index contributed by atoms with van der Waals surface area (Å²) in [5.41, 5.74) is 5.45. The molecule has 0 saturated carbocycles. The van der Waals surface area contributed by atoms with E-state index in [2.05, 4.69) is 10.6 Å². The standard InChI is InChI=1S/C24H14Cl2N2O2/c25-17-6-2-8-19-21(17)15(23(29)27-19)11-13-4-1-5-14(10-13)12-16-22-18(26)7-3-9-20(22)28-24(16)30/h1-12H,(H,27,29)(H,28,30)/b15-11+,16-12+. The van der Waals surface area contributed by atoms with E-state index in [1.54, 1.807) is 36.4 Å². The fourth-order valence-electron chi connectivity index (χ4n) is 3.76. The molecule has 30 heavy (non-hydrogen) atoms. The monoisotopic (exact) mass is 432 g/mol. The number of anilines is 2. The van der Waals surface area contributed by atoms with Crippen LogP contribution in [0, 0.1) is 0 Å². The molecule has 4 nitrogen and oxygen atoms in total. The Morgan fingerprint density at radius 2 is 1.07 bits per heavy atom. The molecule has 0 fully saturated rings. The van der Waals surface area contributed by atoms with E-state index in [1.807, 2.05) is 36.4 Å². The fraction of sp³-hybridized carbons (Fsp3) is 0. The zero-order chi connectivity index (χ0) is 20.8. The lowest BCUT2D eigenvalue weighted by molar-refractivity contribution is -0.111. The van der Waals surface area contributed by atoms with E-state index in [9.17, 15) is 9.59 Å². The van der Waals surface area contributed by atoms with Crippen LogP contribution >= 0.6 is 23.2 Å². The predicted octanol–water partition coefficient (Wildman–Crippen LogP) is 5.98. The summed E-state index contributed by atoms with van der Waals surface area (Å²) in [7, 11) is 0. The molecule has 2 aliphatic heterocycles. The molecule has 0 spiro atoms. The Hall–Kier alpha value is -3.34. The Morgan fingerprint density at radius 3 is 1.53 bits per heavy atom. The average molecular weight is 433 g/mol. The molecule has 2 aliphatic rings. The summed E-state index contributed by atoms with van der Waals surface area (Å²) >= 11 is 12.6. The minimum atomic E-state index is -0.197. The molecule has 0 aromatic heterocycles. The SMILES string of the molecule is O=C1Nc2cccc(Cl)c2/C1=C\c1cccc(/C=C2/C(=O)Nc3cccc(Cl)c32)c1. The van der Waals surface area contributed by atoms with Crippen LogP contribution in [0.2, 0.25) is 10.0 Å². The highest BCUT2D eigenvalue weighted by atomic mass is 35.5. The van der Waals surface area contributed by atoms with Crippen molar-refractivity contribution in [3.63, 3.8) is 0 Å². The van der Waals surface area contributed by atoms with Gasteiger partial charge in [0.2, 0.25) is 0 Å². The van der Waals surface area contributed by atoms with E-state index in [-0.39, 0.29) is 11.8 Å². The van der Waals surface area contributed by atoms with E-state index in [0.29, 0.717) is 43.7 Å². The van der Waals surface area contributed by atoms with Crippen LogP contribution in [0.25, 0.3) is 23.3 Å². The first-order valence-electron chi connectivity index (χ1n) is 9.25. The molecule has 146 valence electrons. The lowest BCUT2D eigenvalue weighted by Crippen LogP contribution is -2.03. The second-order valence-electron chi connectivity index (χ2n) is 7.02. The molecule has 3 aromatic carbocycles. The van der Waals surface area contributed by atoms with Crippen LogP contribution in [0.5, 0.6) is 0 Å². The molecule has 6 heteroatoms. The van der Waals surface area contributed by atoms with Gasteiger partial charge >= 0.3 is 0 Å². The molecule has 2 N–H and O–H groups in total. The van der Waals surface area contributed by atoms with Crippen molar-refractivity contribution in [2.24, 2.45) is 0 Å². The minimum absolute atomic E-state index is 0.197. The van der Waals surface area contributed by atoms with E-state index in [4.69, 9.17) is 23.2 Å². The minimum Gasteiger partial charge on any atom is -0.321 e. The highest BCUT2D eigenvalue weighted by molar-refractivity contribution is 6.42. The Kier molecular flexibility index (Phi) is 4.46. The maximum absolute atomic E-state index is 12.5. The van der Waals surface area contributed by atoms with E-state index in [1.165, 1.54) is 0 Å². The molecule has 2 heterocycles. The van der Waals surface area contributed by atoms with Crippen molar-refractivity contribution >= 4 is 69.7 Å². The highest BCUT2D eigenvalue weighted by Gasteiger charge is 2.27. The zero-order valence-corrected chi connectivity index (χ0v) is 17.0. The summed E-state index contributed by atoms with van der Waals surface area (Å²) in [6, 6.07) is 18.3. The first-order valence-corrected chi connectivity index (χ1v) is 10.0. The van der Waals surface area contributed by atoms with Crippen LogP contribution in [0.3, 0.4) is 0 Å². The van der Waals surface area contributed by atoms with Gasteiger partial charge < -0.3 is 10.6 Å². The number of fused-ring (bicyclic) bond motifs is 2. The summed E-state index contributed by atoms with van der Waals surface area (Å²) in [4.78, 5) is 24.9. The summed E-state index contributed by atoms with van der Waals surface area (Å²) in [6.07, 6.45) is 3.59. The third-order valence-corrected chi connectivity index (χ3v) is 5.71. The number of nitrogens with one attached hydrogen (secondary N) is 2. The van der Waals surface area contributed by atoms with Gasteiger partial charge in [-0.25, -0.2) is 0 Å². The molecular formula is C24H14Cl2N2O2. The Labute approximate surface area is 182 Å². The average Bonchev–Trinajstić information content (AvgIpc) is 3.20. The lowest BCUT2D eigenvalue weighted by atomic mass is 10.0. The Bertz CT molecular complexity index is 1210. The van der Waals surface area contributed by atoms with Crippen molar-refractivity contribution in [3.05, 3.63) is 93.0 Å². The zero-order valence-electron chi connectivity index (χ0n) is 15.5. The van der Waals surface area contributed by atoms with Gasteiger partial charge in [-0.1, -0.05) is 53.5 Å². The van der Waals surface area contributed by atoms with Crippen molar-refractivity contribution in [2.75, 3.05) is 10.6 Å². The van der Waals surface area contributed by atoms with Crippen LogP contribution in [-0.4, -0.2) is 11.8 Å². The topological polar surface area (TPSA) is 58.2 Å². The highest BCUT2D eigenvalue weighted by Crippen LogP contribution is 2.39. The van der Waals surface area contributed by atoms with Crippen LogP contribution in [-0.2, 0) is 9.59 Å². The largest absolute Gasteiger partial charge is 0.321 e. The Morgan fingerprint density at radius 1 is 0.633 bits per heavy atom. The number of hydrogen-bond donors (Lipinski definition) is 2. The van der Waals surface area contributed by atoms with Gasteiger partial charge in [-0.2, -0.15) is 0 Å². The van der Waals surface area contributed by atoms with Gasteiger partial charge in [-0.15, -0.1) is 0 Å². The number of amides is 2. The molecule has 5 rings (SSSR count). The second-order valence-corrected chi connectivity index (χ2v) is 7.83. The van der Waals surface area contributed by atoms with Crippen molar-refractivity contribution in [1.29, 1.82) is 0 Å². The molecule has 2 amide bonds. The van der Waals surface area contributed by atoms with Crippen LogP contribution < -0.4 is 10.6 Å². The van der Waals surface area contributed by atoms with Gasteiger partial charge in [0.15, 0.2) is 0 Å². The number of hydrogen-bond acceptors (Lipinski definition) is 2. The molecule has 0 radical (unpaired) electrons. The quantitative estimate of drug-likeness (QED) is 0.489. The normalized spacial score (nSPS) is 17.1. The number of halogens is 2. The number of carbonyl (C=O) groups is 2. The summed E-state index contributed by atoms with van der Waals surface area (Å²) < 4.78 is 0. The van der Waals surface area contributed by atoms with Crippen LogP contribution in [0.4, 0.5) is 11.4 Å². The molecule has 0 saturated heterocycles. The van der Waals surface area contributed by atoms with Gasteiger partial charge in [-0.05, 0) is 53.6 Å². The first kappa shape index (κ1) is 18.7. The smallest absolute Gasteiger partial charge is 0.256 e. The van der Waals surface area contributed by atoms with E-state index >= 15 is 0 Å². The number of rotatable bonds is 2. The summed E-state index contributed by atoms with van der Waals surface area (Å²) in [6.45, 7) is 0. The molecule has 0 unspecified atom stereocenters. The summed E-state index contributed by atoms with van der Waals surface area (Å²) in [5.74, 6) is -0.393. The van der Waals surface area contributed by atoms with Gasteiger partial charge in [0, 0.05) is 11.1 Å². The predicted molar refractivity (Wildman–Crippen MR) is 122 cm³/mol.